The lowest BCUT2D eigenvalue weighted by Crippen LogP contribution is -2.40. The van der Waals surface area contributed by atoms with E-state index < -0.39 is 23.8 Å². The number of hydrogen-bond acceptors (Lipinski definition) is 8. The van der Waals surface area contributed by atoms with Crippen molar-refractivity contribution < 1.29 is 37.9 Å². The third-order valence-electron chi connectivity index (χ3n) is 7.61. The van der Waals surface area contributed by atoms with Crippen molar-refractivity contribution >= 4 is 16.3 Å². The Morgan fingerprint density at radius 1 is 0.725 bits per heavy atom. The molecule has 0 N–H and O–H groups in total. The molecule has 3 aromatic rings. The van der Waals surface area contributed by atoms with Gasteiger partial charge in [0.05, 0.1) is 27.9 Å². The molecule has 8 nitrogen and oxygen atoms in total. The molecule has 3 saturated heterocycles. The zero-order chi connectivity index (χ0) is 28.2. The molecule has 4 atom stereocenters. The average Bonchev–Trinajstić information content (AvgIpc) is 3.57. The van der Waals surface area contributed by atoms with Crippen molar-refractivity contribution in [1.29, 1.82) is 0 Å². The van der Waals surface area contributed by atoms with Crippen molar-refractivity contribution in [3.8, 4) is 17.2 Å². The van der Waals surface area contributed by atoms with Gasteiger partial charge in [-0.25, -0.2) is 0 Å². The molecule has 0 bridgehead atoms. The van der Waals surface area contributed by atoms with E-state index in [0.717, 1.165) is 27.5 Å². The highest BCUT2D eigenvalue weighted by molar-refractivity contribution is 5.91. The molecule has 0 saturated carbocycles. The number of methoxy groups -OCH3 is 3. The van der Waals surface area contributed by atoms with Crippen LogP contribution in [0.1, 0.15) is 38.8 Å². The second-order valence-electron chi connectivity index (χ2n) is 11.2. The largest absolute Gasteiger partial charge is 0.493 e. The van der Waals surface area contributed by atoms with Crippen LogP contribution in [-0.2, 0) is 23.7 Å². The van der Waals surface area contributed by atoms with Crippen molar-refractivity contribution in [2.24, 2.45) is 0 Å². The minimum Gasteiger partial charge on any atom is -0.493 e. The van der Waals surface area contributed by atoms with E-state index in [0.29, 0.717) is 29.6 Å². The maximum absolute atomic E-state index is 6.80. The Balaban J connectivity index is 1.57. The summed E-state index contributed by atoms with van der Waals surface area (Å²) in [6.45, 7) is 8.05. The lowest BCUT2D eigenvalue weighted by atomic mass is 9.92. The van der Waals surface area contributed by atoms with Gasteiger partial charge in [0.15, 0.2) is 29.2 Å². The summed E-state index contributed by atoms with van der Waals surface area (Å²) in [5.74, 6) is 0.753. The van der Waals surface area contributed by atoms with Gasteiger partial charge < -0.3 is 37.9 Å². The van der Waals surface area contributed by atoms with Crippen LogP contribution in [0.5, 0.6) is 17.2 Å². The molecule has 3 aromatic carbocycles. The van der Waals surface area contributed by atoms with Gasteiger partial charge >= 0.3 is 0 Å². The average molecular weight is 549 g/mol. The Hall–Kier alpha value is -3.30. The van der Waals surface area contributed by atoms with E-state index in [2.05, 4.69) is 30.3 Å². The van der Waals surface area contributed by atoms with Crippen LogP contribution < -0.4 is 14.2 Å². The van der Waals surface area contributed by atoms with Crippen LogP contribution in [0.15, 0.2) is 60.4 Å². The highest BCUT2D eigenvalue weighted by Gasteiger charge is 2.58. The fraction of sp³-hybridized carbons (Fsp3) is 0.438. The standard InChI is InChI=1S/C32H36O8/c1-31(2)36-17-24(38-31)27-29-30(40-32(3,4)39-29)28(37-27)25(20-13-12-18-10-8-9-11-19(18)14-20)21-15-22(33-5)26(35-7)23(16-21)34-6/h8-16,24,27,29-30H,17H2,1-7H3/b28-25+/t24-,27+,29-,30+/m1/s1. The summed E-state index contributed by atoms with van der Waals surface area (Å²) >= 11 is 0. The van der Waals surface area contributed by atoms with E-state index in [1.54, 1.807) is 21.3 Å². The molecule has 40 heavy (non-hydrogen) atoms. The molecule has 3 aliphatic heterocycles. The second kappa shape index (κ2) is 9.96. The highest BCUT2D eigenvalue weighted by atomic mass is 16.8. The maximum atomic E-state index is 6.80. The zero-order valence-corrected chi connectivity index (χ0v) is 24.0. The van der Waals surface area contributed by atoms with Gasteiger partial charge in [0.2, 0.25) is 5.75 Å². The van der Waals surface area contributed by atoms with E-state index in [-0.39, 0.29) is 12.2 Å². The predicted octanol–water partition coefficient (Wildman–Crippen LogP) is 5.70. The first kappa shape index (κ1) is 26.9. The Morgan fingerprint density at radius 2 is 1.43 bits per heavy atom. The Labute approximate surface area is 234 Å². The number of ether oxygens (including phenoxy) is 8. The summed E-state index contributed by atoms with van der Waals surface area (Å²) in [4.78, 5) is 0. The van der Waals surface area contributed by atoms with Gasteiger partial charge in [-0.15, -0.1) is 0 Å². The third kappa shape index (κ3) is 4.69. The SMILES string of the molecule is COc1cc(/C(=C2/O[C@@H]([C@H]3COC(C)(C)O3)[C@H]3OC(C)(C)O[C@@H]23)c2ccc3ccccc3c2)cc(OC)c1OC. The van der Waals surface area contributed by atoms with Crippen LogP contribution in [-0.4, -0.2) is 63.9 Å². The van der Waals surface area contributed by atoms with Gasteiger partial charge in [-0.05, 0) is 67.8 Å². The molecule has 0 spiro atoms. The number of benzene rings is 3. The van der Waals surface area contributed by atoms with Crippen LogP contribution in [0.25, 0.3) is 16.3 Å². The van der Waals surface area contributed by atoms with E-state index in [1.165, 1.54) is 0 Å². The van der Waals surface area contributed by atoms with Crippen LogP contribution in [0.4, 0.5) is 0 Å². The zero-order valence-electron chi connectivity index (χ0n) is 24.0. The summed E-state index contributed by atoms with van der Waals surface area (Å²) in [6, 6.07) is 18.5. The van der Waals surface area contributed by atoms with Gasteiger partial charge in [-0.2, -0.15) is 0 Å². The molecule has 8 heteroatoms. The van der Waals surface area contributed by atoms with Crippen molar-refractivity contribution in [2.45, 2.75) is 63.7 Å². The molecule has 3 fully saturated rings. The molecule has 3 heterocycles. The van der Waals surface area contributed by atoms with Crippen LogP contribution in [0, 0.1) is 0 Å². The van der Waals surface area contributed by atoms with Gasteiger partial charge in [0.1, 0.15) is 24.1 Å². The van der Waals surface area contributed by atoms with Crippen molar-refractivity contribution in [3.05, 3.63) is 71.5 Å². The first-order valence-corrected chi connectivity index (χ1v) is 13.5. The third-order valence-corrected chi connectivity index (χ3v) is 7.61. The van der Waals surface area contributed by atoms with Crippen molar-refractivity contribution in [1.82, 2.24) is 0 Å². The summed E-state index contributed by atoms with van der Waals surface area (Å²) in [6.07, 6.45) is -1.60. The summed E-state index contributed by atoms with van der Waals surface area (Å²) in [5.41, 5.74) is 2.64. The number of rotatable bonds is 6. The van der Waals surface area contributed by atoms with E-state index in [1.807, 2.05) is 52.0 Å². The Kier molecular flexibility index (Phi) is 6.70. The van der Waals surface area contributed by atoms with E-state index in [4.69, 9.17) is 37.9 Å². The smallest absolute Gasteiger partial charge is 0.203 e. The number of fused-ring (bicyclic) bond motifs is 2. The molecule has 0 unspecified atom stereocenters. The van der Waals surface area contributed by atoms with Gasteiger partial charge in [-0.3, -0.25) is 0 Å². The first-order valence-electron chi connectivity index (χ1n) is 13.5. The maximum Gasteiger partial charge on any atom is 0.203 e. The molecular weight excluding hydrogens is 512 g/mol. The first-order chi connectivity index (χ1) is 19.1. The lowest BCUT2D eigenvalue weighted by molar-refractivity contribution is -0.187. The molecule has 0 amide bonds. The van der Waals surface area contributed by atoms with Gasteiger partial charge in [0, 0.05) is 5.57 Å². The minimum absolute atomic E-state index is 0.324. The normalized spacial score (nSPS) is 27.8. The van der Waals surface area contributed by atoms with Crippen molar-refractivity contribution in [2.75, 3.05) is 27.9 Å². The molecule has 0 aliphatic carbocycles. The van der Waals surface area contributed by atoms with E-state index >= 15 is 0 Å². The minimum atomic E-state index is -0.804. The number of hydrogen-bond donors (Lipinski definition) is 0. The van der Waals surface area contributed by atoms with Crippen LogP contribution in [0.3, 0.4) is 0 Å². The van der Waals surface area contributed by atoms with Crippen LogP contribution >= 0.6 is 0 Å². The molecular formula is C32H36O8. The monoisotopic (exact) mass is 548 g/mol. The summed E-state index contributed by atoms with van der Waals surface area (Å²) < 4.78 is 48.9. The Bertz CT molecular complexity index is 1430. The molecule has 212 valence electrons. The Morgan fingerprint density at radius 3 is 2.05 bits per heavy atom. The molecule has 0 aromatic heterocycles. The van der Waals surface area contributed by atoms with Gasteiger partial charge in [0.25, 0.3) is 0 Å². The van der Waals surface area contributed by atoms with Crippen molar-refractivity contribution in [3.63, 3.8) is 0 Å². The van der Waals surface area contributed by atoms with E-state index in [9.17, 15) is 0 Å². The second-order valence-corrected chi connectivity index (χ2v) is 11.2. The lowest BCUT2D eigenvalue weighted by Gasteiger charge is -2.27. The van der Waals surface area contributed by atoms with Crippen LogP contribution in [0.2, 0.25) is 0 Å². The topological polar surface area (TPSA) is 73.8 Å². The summed E-state index contributed by atoms with van der Waals surface area (Å²) in [5, 5.41) is 2.25. The fourth-order valence-corrected chi connectivity index (χ4v) is 5.90. The highest BCUT2D eigenvalue weighted by Crippen LogP contribution is 2.49. The quantitative estimate of drug-likeness (QED) is 0.389. The fourth-order valence-electron chi connectivity index (χ4n) is 5.90. The molecule has 6 rings (SSSR count). The predicted molar refractivity (Wildman–Crippen MR) is 150 cm³/mol. The molecule has 0 radical (unpaired) electrons. The summed E-state index contributed by atoms with van der Waals surface area (Å²) in [7, 11) is 4.81. The van der Waals surface area contributed by atoms with Gasteiger partial charge in [-0.1, -0.05) is 36.4 Å². The molecule has 3 aliphatic rings.